The van der Waals surface area contributed by atoms with E-state index in [2.05, 4.69) is 5.32 Å². The smallest absolute Gasteiger partial charge is 0.316 e. The lowest BCUT2D eigenvalue weighted by Gasteiger charge is -2.21. The number of carbonyl (C=O) groups excluding carboxylic acids is 2. The maximum absolute atomic E-state index is 12.6. The van der Waals surface area contributed by atoms with E-state index in [-0.39, 0.29) is 0 Å². The van der Waals surface area contributed by atoms with E-state index in [1.54, 1.807) is 0 Å². The summed E-state index contributed by atoms with van der Waals surface area (Å²) in [7, 11) is 0. The fourth-order valence-electron chi connectivity index (χ4n) is 2.91. The molecule has 2 aromatic rings. The molecule has 0 atom stereocenters. The molecule has 24 heavy (non-hydrogen) atoms. The van der Waals surface area contributed by atoms with E-state index in [4.69, 9.17) is 0 Å². The maximum Gasteiger partial charge on any atom is 0.316 e. The van der Waals surface area contributed by atoms with E-state index in [9.17, 15) is 9.59 Å². The molecule has 0 heterocycles. The van der Waals surface area contributed by atoms with Gasteiger partial charge in [-0.2, -0.15) is 0 Å². The molecule has 0 aliphatic heterocycles. The van der Waals surface area contributed by atoms with Crippen molar-refractivity contribution in [2.24, 2.45) is 0 Å². The Morgan fingerprint density at radius 3 is 2.12 bits per heavy atom. The summed E-state index contributed by atoms with van der Waals surface area (Å²) in [6.45, 7) is 10.1. The predicted octanol–water partition coefficient (Wildman–Crippen LogP) is 3.91. The van der Waals surface area contributed by atoms with E-state index in [0.29, 0.717) is 12.2 Å². The van der Waals surface area contributed by atoms with Crippen LogP contribution in [0.1, 0.15) is 29.2 Å². The Labute approximate surface area is 143 Å². The first kappa shape index (κ1) is 17.7. The predicted molar refractivity (Wildman–Crippen MR) is 98.5 cm³/mol. The van der Waals surface area contributed by atoms with Gasteiger partial charge in [-0.25, -0.2) is 0 Å². The van der Waals surface area contributed by atoms with Crippen LogP contribution in [0.15, 0.2) is 36.4 Å². The van der Waals surface area contributed by atoms with Crippen molar-refractivity contribution in [3.05, 3.63) is 58.7 Å². The van der Waals surface area contributed by atoms with Crippen molar-refractivity contribution >= 4 is 23.2 Å². The summed E-state index contributed by atoms with van der Waals surface area (Å²) in [6.07, 6.45) is 0. The van der Waals surface area contributed by atoms with Crippen molar-refractivity contribution in [2.45, 2.75) is 34.6 Å². The summed E-state index contributed by atoms with van der Waals surface area (Å²) in [5.41, 5.74) is 5.52. The summed E-state index contributed by atoms with van der Waals surface area (Å²) < 4.78 is 0. The Balaban J connectivity index is 2.24. The first-order valence-electron chi connectivity index (χ1n) is 8.10. The Hall–Kier alpha value is -2.62. The lowest BCUT2D eigenvalue weighted by atomic mass is 10.1. The van der Waals surface area contributed by atoms with Crippen LogP contribution in [0.2, 0.25) is 0 Å². The molecule has 0 saturated heterocycles. The molecule has 4 nitrogen and oxygen atoms in total. The first-order chi connectivity index (χ1) is 11.3. The highest BCUT2D eigenvalue weighted by Gasteiger charge is 2.23. The van der Waals surface area contributed by atoms with E-state index >= 15 is 0 Å². The summed E-state index contributed by atoms with van der Waals surface area (Å²) in [6, 6.07) is 11.6. The van der Waals surface area contributed by atoms with Crippen LogP contribution in [0, 0.1) is 27.7 Å². The molecule has 0 fully saturated rings. The summed E-state index contributed by atoms with van der Waals surface area (Å²) >= 11 is 0. The Morgan fingerprint density at radius 2 is 1.58 bits per heavy atom. The minimum absolute atomic E-state index is 0.432. The van der Waals surface area contributed by atoms with Crippen molar-refractivity contribution in [2.75, 3.05) is 16.8 Å². The first-order valence-corrected chi connectivity index (χ1v) is 8.10. The summed E-state index contributed by atoms with van der Waals surface area (Å²) in [4.78, 5) is 26.5. The van der Waals surface area contributed by atoms with Crippen molar-refractivity contribution in [1.82, 2.24) is 0 Å². The monoisotopic (exact) mass is 324 g/mol. The van der Waals surface area contributed by atoms with Crippen molar-refractivity contribution in [3.63, 3.8) is 0 Å². The van der Waals surface area contributed by atoms with E-state index in [1.165, 1.54) is 4.90 Å². The third kappa shape index (κ3) is 3.82. The minimum atomic E-state index is -0.617. The van der Waals surface area contributed by atoms with Crippen LogP contribution >= 0.6 is 0 Å². The molecule has 0 aliphatic carbocycles. The third-order valence-corrected chi connectivity index (χ3v) is 3.98. The zero-order chi connectivity index (χ0) is 17.9. The molecule has 4 heteroatoms. The number of benzene rings is 2. The average Bonchev–Trinajstić information content (AvgIpc) is 2.51. The average molecular weight is 324 g/mol. The molecule has 0 spiro atoms. The van der Waals surface area contributed by atoms with Crippen LogP contribution in [-0.4, -0.2) is 18.4 Å². The van der Waals surface area contributed by atoms with Crippen LogP contribution in [0.4, 0.5) is 11.4 Å². The van der Waals surface area contributed by atoms with E-state index in [0.717, 1.165) is 27.9 Å². The van der Waals surface area contributed by atoms with Crippen LogP contribution in [0.5, 0.6) is 0 Å². The van der Waals surface area contributed by atoms with Gasteiger partial charge in [0.15, 0.2) is 0 Å². The summed E-state index contributed by atoms with van der Waals surface area (Å²) in [5.74, 6) is -1.17. The molecule has 0 radical (unpaired) electrons. The van der Waals surface area contributed by atoms with Crippen LogP contribution in [0.25, 0.3) is 0 Å². The Bertz CT molecular complexity index is 758. The number of rotatable bonds is 3. The second kappa shape index (κ2) is 7.30. The van der Waals surface area contributed by atoms with E-state index < -0.39 is 11.8 Å². The fourth-order valence-corrected chi connectivity index (χ4v) is 2.91. The number of likely N-dealkylation sites (N-methyl/N-ethyl adjacent to an activating group) is 1. The molecule has 0 bridgehead atoms. The van der Waals surface area contributed by atoms with Gasteiger partial charge in [0, 0.05) is 17.9 Å². The van der Waals surface area contributed by atoms with Crippen molar-refractivity contribution < 1.29 is 9.59 Å². The van der Waals surface area contributed by atoms with Crippen LogP contribution in [0.3, 0.4) is 0 Å². The number of nitrogens with one attached hydrogen (secondary N) is 1. The zero-order valence-corrected chi connectivity index (χ0v) is 14.9. The number of amides is 2. The highest BCUT2D eigenvalue weighted by molar-refractivity contribution is 6.44. The van der Waals surface area contributed by atoms with Gasteiger partial charge < -0.3 is 10.2 Å². The number of anilines is 2. The topological polar surface area (TPSA) is 49.4 Å². The summed E-state index contributed by atoms with van der Waals surface area (Å²) in [5, 5.41) is 2.77. The highest BCUT2D eigenvalue weighted by atomic mass is 16.2. The molecule has 1 N–H and O–H groups in total. The Kier molecular flexibility index (Phi) is 5.39. The van der Waals surface area contributed by atoms with Gasteiger partial charge in [0.1, 0.15) is 0 Å². The second-order valence-corrected chi connectivity index (χ2v) is 6.12. The molecule has 126 valence electrons. The van der Waals surface area contributed by atoms with Gasteiger partial charge in [-0.15, -0.1) is 0 Å². The maximum atomic E-state index is 12.6. The highest BCUT2D eigenvalue weighted by Crippen LogP contribution is 2.22. The zero-order valence-electron chi connectivity index (χ0n) is 14.9. The second-order valence-electron chi connectivity index (χ2n) is 6.12. The molecule has 0 aliphatic rings. The van der Waals surface area contributed by atoms with Gasteiger partial charge in [-0.3, -0.25) is 9.59 Å². The SMILES string of the molecule is CCN(C(=O)C(=O)Nc1c(C)cc(C)cc1C)c1cccc(C)c1. The molecular formula is C20H24N2O2. The molecular weight excluding hydrogens is 300 g/mol. The van der Waals surface area contributed by atoms with Gasteiger partial charge >= 0.3 is 11.8 Å². The van der Waals surface area contributed by atoms with Gasteiger partial charge in [0.05, 0.1) is 0 Å². The lowest BCUT2D eigenvalue weighted by Crippen LogP contribution is -2.40. The molecule has 0 saturated carbocycles. The van der Waals surface area contributed by atoms with Gasteiger partial charge in [-0.1, -0.05) is 29.8 Å². The van der Waals surface area contributed by atoms with Gasteiger partial charge in [0.2, 0.25) is 0 Å². The molecule has 2 rings (SSSR count). The van der Waals surface area contributed by atoms with Gasteiger partial charge in [0.25, 0.3) is 0 Å². The number of hydrogen-bond acceptors (Lipinski definition) is 2. The lowest BCUT2D eigenvalue weighted by molar-refractivity contribution is -0.134. The van der Waals surface area contributed by atoms with E-state index in [1.807, 2.05) is 71.0 Å². The normalized spacial score (nSPS) is 10.4. The van der Waals surface area contributed by atoms with Crippen molar-refractivity contribution in [1.29, 1.82) is 0 Å². The molecule has 0 unspecified atom stereocenters. The van der Waals surface area contributed by atoms with Crippen LogP contribution in [-0.2, 0) is 9.59 Å². The largest absolute Gasteiger partial charge is 0.317 e. The van der Waals surface area contributed by atoms with Crippen LogP contribution < -0.4 is 10.2 Å². The molecule has 2 amide bonds. The van der Waals surface area contributed by atoms with Crippen molar-refractivity contribution in [3.8, 4) is 0 Å². The third-order valence-electron chi connectivity index (χ3n) is 3.98. The number of aryl methyl sites for hydroxylation is 4. The molecule has 2 aromatic carbocycles. The number of carbonyl (C=O) groups is 2. The number of hydrogen-bond donors (Lipinski definition) is 1. The standard InChI is InChI=1S/C20H24N2O2/c1-6-22(17-9-7-8-13(2)12-17)20(24)19(23)21-18-15(4)10-14(3)11-16(18)5/h7-12H,6H2,1-5H3,(H,21,23). The minimum Gasteiger partial charge on any atom is -0.317 e. The fraction of sp³-hybridized carbons (Fsp3) is 0.300. The Morgan fingerprint density at radius 1 is 0.958 bits per heavy atom. The van der Waals surface area contributed by atoms with Gasteiger partial charge in [-0.05, 0) is 63.4 Å². The quantitative estimate of drug-likeness (QED) is 0.870. The number of nitrogens with zero attached hydrogens (tertiary/aromatic N) is 1. The molecule has 0 aromatic heterocycles.